The first kappa shape index (κ1) is 15.5. The van der Waals surface area contributed by atoms with Gasteiger partial charge in [-0.15, -0.1) is 5.10 Å². The van der Waals surface area contributed by atoms with Crippen molar-refractivity contribution in [1.82, 2.24) is 20.3 Å². The number of carbonyl (C=O) groups excluding carboxylic acids is 1. The van der Waals surface area contributed by atoms with Crippen LogP contribution in [0.4, 0.5) is 0 Å². The van der Waals surface area contributed by atoms with Crippen molar-refractivity contribution < 1.29 is 14.7 Å². The minimum absolute atomic E-state index is 0.254. The summed E-state index contributed by atoms with van der Waals surface area (Å²) >= 11 is 0. The van der Waals surface area contributed by atoms with Crippen molar-refractivity contribution in [3.63, 3.8) is 0 Å². The fraction of sp³-hybridized carbons (Fsp3) is 0.500. The summed E-state index contributed by atoms with van der Waals surface area (Å²) in [5.74, 6) is -1.60. The van der Waals surface area contributed by atoms with Gasteiger partial charge in [0.15, 0.2) is 0 Å². The Morgan fingerprint density at radius 1 is 1.26 bits per heavy atom. The number of benzene rings is 1. The van der Waals surface area contributed by atoms with Crippen molar-refractivity contribution in [2.45, 2.75) is 38.1 Å². The SMILES string of the molecule is Cn1nnc2cc(C(=O)N[C@H]3CCCCC[C@H]3C(=O)O)ccc21. The van der Waals surface area contributed by atoms with Gasteiger partial charge in [0, 0.05) is 18.7 Å². The molecule has 0 spiro atoms. The summed E-state index contributed by atoms with van der Waals surface area (Å²) in [5.41, 5.74) is 1.97. The molecule has 0 bridgehead atoms. The summed E-state index contributed by atoms with van der Waals surface area (Å²) in [6, 6.07) is 4.88. The highest BCUT2D eigenvalue weighted by Crippen LogP contribution is 2.24. The standard InChI is InChI=1S/C16H20N4O3/c1-20-14-8-7-10(9-13(14)18-19-20)15(21)17-12-6-4-2-3-5-11(12)16(22)23/h7-9,11-12H,2-6H2,1H3,(H,17,21)(H,22,23)/t11-,12+/m1/s1. The largest absolute Gasteiger partial charge is 0.481 e. The lowest BCUT2D eigenvalue weighted by atomic mass is 9.94. The molecule has 7 nitrogen and oxygen atoms in total. The maximum Gasteiger partial charge on any atom is 0.308 e. The van der Waals surface area contributed by atoms with Gasteiger partial charge in [0.2, 0.25) is 0 Å². The average molecular weight is 316 g/mol. The van der Waals surface area contributed by atoms with Gasteiger partial charge in [0.25, 0.3) is 5.91 Å². The van der Waals surface area contributed by atoms with E-state index < -0.39 is 11.9 Å². The first-order chi connectivity index (χ1) is 11.1. The first-order valence-electron chi connectivity index (χ1n) is 7.89. The van der Waals surface area contributed by atoms with Gasteiger partial charge in [-0.25, -0.2) is 4.68 Å². The smallest absolute Gasteiger partial charge is 0.308 e. The summed E-state index contributed by atoms with van der Waals surface area (Å²) in [6.07, 6.45) is 4.17. The van der Waals surface area contributed by atoms with Crippen LogP contribution >= 0.6 is 0 Å². The van der Waals surface area contributed by atoms with Crippen LogP contribution in [0.15, 0.2) is 18.2 Å². The van der Waals surface area contributed by atoms with Gasteiger partial charge in [-0.2, -0.15) is 0 Å². The van der Waals surface area contributed by atoms with Crippen LogP contribution in [0.1, 0.15) is 42.5 Å². The van der Waals surface area contributed by atoms with E-state index in [0.717, 1.165) is 24.8 Å². The Kier molecular flexibility index (Phi) is 4.27. The number of carboxylic acids is 1. The predicted octanol–water partition coefficient (Wildman–Crippen LogP) is 1.73. The monoisotopic (exact) mass is 316 g/mol. The van der Waals surface area contributed by atoms with Crippen LogP contribution in [-0.2, 0) is 11.8 Å². The van der Waals surface area contributed by atoms with Crippen LogP contribution in [-0.4, -0.2) is 38.0 Å². The van der Waals surface area contributed by atoms with E-state index in [2.05, 4.69) is 15.6 Å². The lowest BCUT2D eigenvalue weighted by molar-refractivity contribution is -0.142. The molecule has 2 aromatic rings. The number of nitrogens with zero attached hydrogens (tertiary/aromatic N) is 3. The number of aryl methyl sites for hydroxylation is 1. The normalized spacial score (nSPS) is 21.8. The minimum atomic E-state index is -0.832. The Bertz CT molecular complexity index is 740. The molecule has 1 aliphatic carbocycles. The molecule has 0 aliphatic heterocycles. The number of hydrogen-bond acceptors (Lipinski definition) is 4. The molecular weight excluding hydrogens is 296 g/mol. The molecule has 23 heavy (non-hydrogen) atoms. The number of hydrogen-bond donors (Lipinski definition) is 2. The average Bonchev–Trinajstić information content (AvgIpc) is 2.75. The molecule has 0 saturated heterocycles. The van der Waals surface area contributed by atoms with Gasteiger partial charge >= 0.3 is 5.97 Å². The molecule has 1 aliphatic rings. The van der Waals surface area contributed by atoms with Crippen molar-refractivity contribution in [2.24, 2.45) is 13.0 Å². The van der Waals surface area contributed by atoms with Gasteiger partial charge in [-0.3, -0.25) is 9.59 Å². The Morgan fingerprint density at radius 3 is 2.83 bits per heavy atom. The molecule has 2 N–H and O–H groups in total. The molecule has 1 saturated carbocycles. The van der Waals surface area contributed by atoms with Crippen LogP contribution in [0, 0.1) is 5.92 Å². The third-order valence-corrected chi connectivity index (χ3v) is 4.52. The van der Waals surface area contributed by atoms with E-state index in [9.17, 15) is 14.7 Å². The van der Waals surface area contributed by atoms with Crippen molar-refractivity contribution in [1.29, 1.82) is 0 Å². The van der Waals surface area contributed by atoms with Gasteiger partial charge in [0.1, 0.15) is 5.52 Å². The highest BCUT2D eigenvalue weighted by atomic mass is 16.4. The number of aromatic nitrogens is 3. The van der Waals surface area contributed by atoms with Crippen molar-refractivity contribution in [3.05, 3.63) is 23.8 Å². The third kappa shape index (κ3) is 3.18. The molecule has 1 aromatic carbocycles. The zero-order valence-corrected chi connectivity index (χ0v) is 13.0. The molecule has 7 heteroatoms. The molecule has 3 rings (SSSR count). The van der Waals surface area contributed by atoms with E-state index in [4.69, 9.17) is 0 Å². The zero-order chi connectivity index (χ0) is 16.4. The molecule has 122 valence electrons. The zero-order valence-electron chi connectivity index (χ0n) is 13.0. The Morgan fingerprint density at radius 2 is 2.04 bits per heavy atom. The summed E-state index contributed by atoms with van der Waals surface area (Å²) < 4.78 is 1.64. The number of fused-ring (bicyclic) bond motifs is 1. The highest BCUT2D eigenvalue weighted by molar-refractivity contribution is 5.97. The topological polar surface area (TPSA) is 97.1 Å². The van der Waals surface area contributed by atoms with Crippen LogP contribution in [0.2, 0.25) is 0 Å². The second-order valence-electron chi connectivity index (χ2n) is 6.08. The number of aliphatic carboxylic acids is 1. The first-order valence-corrected chi connectivity index (χ1v) is 7.89. The fourth-order valence-corrected chi connectivity index (χ4v) is 3.21. The summed E-state index contributed by atoms with van der Waals surface area (Å²) in [5, 5.41) is 20.2. The molecule has 2 atom stereocenters. The Balaban J connectivity index is 1.79. The minimum Gasteiger partial charge on any atom is -0.481 e. The molecular formula is C16H20N4O3. The second-order valence-corrected chi connectivity index (χ2v) is 6.08. The van der Waals surface area contributed by atoms with Crippen molar-refractivity contribution in [2.75, 3.05) is 0 Å². The molecule has 0 unspecified atom stereocenters. The second kappa shape index (κ2) is 6.36. The van der Waals surface area contributed by atoms with Crippen molar-refractivity contribution in [3.8, 4) is 0 Å². The molecule has 1 amide bonds. The van der Waals surface area contributed by atoms with Gasteiger partial charge < -0.3 is 10.4 Å². The lowest BCUT2D eigenvalue weighted by Gasteiger charge is -2.22. The highest BCUT2D eigenvalue weighted by Gasteiger charge is 2.30. The summed E-state index contributed by atoms with van der Waals surface area (Å²) in [6.45, 7) is 0. The molecule has 1 fully saturated rings. The van der Waals surface area contributed by atoms with E-state index in [1.807, 2.05) is 0 Å². The predicted molar refractivity (Wildman–Crippen MR) is 84.0 cm³/mol. The van der Waals surface area contributed by atoms with Crippen LogP contribution in [0.3, 0.4) is 0 Å². The summed E-state index contributed by atoms with van der Waals surface area (Å²) in [4.78, 5) is 23.9. The van der Waals surface area contributed by atoms with Crippen LogP contribution in [0.5, 0.6) is 0 Å². The lowest BCUT2D eigenvalue weighted by Crippen LogP contribution is -2.42. The Labute approximate surface area is 133 Å². The van der Waals surface area contributed by atoms with Crippen LogP contribution in [0.25, 0.3) is 11.0 Å². The number of nitrogens with one attached hydrogen (secondary N) is 1. The molecule has 1 aromatic heterocycles. The fourth-order valence-electron chi connectivity index (χ4n) is 3.21. The number of rotatable bonds is 3. The number of carbonyl (C=O) groups is 2. The maximum absolute atomic E-state index is 12.5. The van der Waals surface area contributed by atoms with E-state index in [1.165, 1.54) is 0 Å². The van der Waals surface area contributed by atoms with Gasteiger partial charge in [-0.1, -0.05) is 24.5 Å². The van der Waals surface area contributed by atoms with Gasteiger partial charge in [-0.05, 0) is 31.0 Å². The number of carboxylic acid groups (broad SMARTS) is 1. The van der Waals surface area contributed by atoms with E-state index >= 15 is 0 Å². The van der Waals surface area contributed by atoms with Gasteiger partial charge in [0.05, 0.1) is 11.4 Å². The molecule has 0 radical (unpaired) electrons. The van der Waals surface area contributed by atoms with Crippen LogP contribution < -0.4 is 5.32 Å². The maximum atomic E-state index is 12.5. The van der Waals surface area contributed by atoms with E-state index in [0.29, 0.717) is 23.9 Å². The summed E-state index contributed by atoms with van der Waals surface area (Å²) in [7, 11) is 1.79. The van der Waals surface area contributed by atoms with E-state index in [1.54, 1.807) is 29.9 Å². The van der Waals surface area contributed by atoms with Crippen molar-refractivity contribution >= 4 is 22.9 Å². The number of amides is 1. The third-order valence-electron chi connectivity index (χ3n) is 4.52. The quantitative estimate of drug-likeness (QED) is 0.841. The molecule has 1 heterocycles. The van der Waals surface area contributed by atoms with E-state index in [-0.39, 0.29) is 11.9 Å². The Hall–Kier alpha value is -2.44.